The van der Waals surface area contributed by atoms with Gasteiger partial charge in [-0.2, -0.15) is 0 Å². The molecule has 0 spiro atoms. The summed E-state index contributed by atoms with van der Waals surface area (Å²) in [5.74, 6) is -0.768. The van der Waals surface area contributed by atoms with Crippen LogP contribution >= 0.6 is 0 Å². The van der Waals surface area contributed by atoms with E-state index in [1.54, 1.807) is 6.92 Å². The molecule has 0 radical (unpaired) electrons. The van der Waals surface area contributed by atoms with Gasteiger partial charge >= 0.3 is 5.97 Å². The average molecular weight is 201 g/mol. The van der Waals surface area contributed by atoms with Gasteiger partial charge in [0, 0.05) is 0 Å². The van der Waals surface area contributed by atoms with Crippen LogP contribution < -0.4 is 5.32 Å². The van der Waals surface area contributed by atoms with Crippen LogP contribution in [0.25, 0.3) is 0 Å². The summed E-state index contributed by atoms with van der Waals surface area (Å²) in [6.07, 6.45) is 7.47. The molecule has 0 aliphatic carbocycles. The van der Waals surface area contributed by atoms with E-state index in [1.165, 1.54) is 32.1 Å². The molecular formula is C11H23NO2. The molecule has 0 aromatic heterocycles. The molecule has 14 heavy (non-hydrogen) atoms. The molecule has 0 rings (SSSR count). The minimum Gasteiger partial charge on any atom is -0.480 e. The van der Waals surface area contributed by atoms with Crippen molar-refractivity contribution < 1.29 is 9.90 Å². The number of hydrogen-bond donors (Lipinski definition) is 2. The third-order valence-electron chi connectivity index (χ3n) is 2.35. The van der Waals surface area contributed by atoms with E-state index < -0.39 is 12.0 Å². The van der Waals surface area contributed by atoms with Gasteiger partial charge in [-0.15, -0.1) is 0 Å². The van der Waals surface area contributed by atoms with E-state index in [0.29, 0.717) is 0 Å². The number of hydrogen-bond acceptors (Lipinski definition) is 2. The molecule has 0 bridgehead atoms. The molecule has 3 nitrogen and oxygen atoms in total. The lowest BCUT2D eigenvalue weighted by Crippen LogP contribution is -2.34. The van der Waals surface area contributed by atoms with Crippen LogP contribution in [0.4, 0.5) is 0 Å². The van der Waals surface area contributed by atoms with Crippen molar-refractivity contribution in [1.82, 2.24) is 5.32 Å². The Labute approximate surface area is 86.9 Å². The molecule has 0 aromatic rings. The van der Waals surface area contributed by atoms with Gasteiger partial charge in [-0.1, -0.05) is 39.0 Å². The molecular weight excluding hydrogens is 178 g/mol. The molecule has 0 amide bonds. The molecule has 0 fully saturated rings. The second-order valence-corrected chi connectivity index (χ2v) is 3.78. The molecule has 84 valence electrons. The highest BCUT2D eigenvalue weighted by atomic mass is 16.4. The van der Waals surface area contributed by atoms with E-state index in [1.807, 2.05) is 0 Å². The van der Waals surface area contributed by atoms with Crippen LogP contribution in [-0.2, 0) is 4.79 Å². The first kappa shape index (κ1) is 13.4. The summed E-state index contributed by atoms with van der Waals surface area (Å²) in [5.41, 5.74) is 0. The highest BCUT2D eigenvalue weighted by Crippen LogP contribution is 2.04. The Kier molecular flexibility index (Phi) is 8.64. The number of carbonyl (C=O) groups is 1. The summed E-state index contributed by atoms with van der Waals surface area (Å²) < 4.78 is 0. The van der Waals surface area contributed by atoms with Crippen molar-refractivity contribution in [3.8, 4) is 0 Å². The minimum absolute atomic E-state index is 0.411. The van der Waals surface area contributed by atoms with Crippen LogP contribution in [0.5, 0.6) is 0 Å². The third-order valence-corrected chi connectivity index (χ3v) is 2.35. The number of nitrogens with one attached hydrogen (secondary N) is 1. The Morgan fingerprint density at radius 1 is 1.21 bits per heavy atom. The summed E-state index contributed by atoms with van der Waals surface area (Å²) in [6.45, 7) is 4.70. The molecule has 0 aliphatic heterocycles. The molecule has 0 saturated carbocycles. The van der Waals surface area contributed by atoms with Gasteiger partial charge in [-0.25, -0.2) is 0 Å². The Balaban J connectivity index is 3.09. The molecule has 1 atom stereocenters. The zero-order valence-corrected chi connectivity index (χ0v) is 9.38. The number of carboxylic acid groups (broad SMARTS) is 1. The van der Waals surface area contributed by atoms with Crippen LogP contribution in [0.3, 0.4) is 0 Å². The SMILES string of the molecule is CCCCCCCCN[C@H](C)C(=O)O. The fraction of sp³-hybridized carbons (Fsp3) is 0.909. The summed E-state index contributed by atoms with van der Waals surface area (Å²) >= 11 is 0. The molecule has 0 aliphatic rings. The molecule has 2 N–H and O–H groups in total. The fourth-order valence-corrected chi connectivity index (χ4v) is 1.31. The summed E-state index contributed by atoms with van der Waals surface area (Å²) in [7, 11) is 0. The van der Waals surface area contributed by atoms with Gasteiger partial charge in [0.2, 0.25) is 0 Å². The van der Waals surface area contributed by atoms with Gasteiger partial charge in [0.25, 0.3) is 0 Å². The van der Waals surface area contributed by atoms with Crippen molar-refractivity contribution in [2.45, 2.75) is 58.4 Å². The Hall–Kier alpha value is -0.570. The quantitative estimate of drug-likeness (QED) is 0.563. The lowest BCUT2D eigenvalue weighted by molar-refractivity contribution is -0.138. The first-order chi connectivity index (χ1) is 6.68. The van der Waals surface area contributed by atoms with Crippen molar-refractivity contribution in [3.05, 3.63) is 0 Å². The summed E-state index contributed by atoms with van der Waals surface area (Å²) in [4.78, 5) is 10.4. The van der Waals surface area contributed by atoms with Crippen molar-refractivity contribution in [2.75, 3.05) is 6.54 Å². The fourth-order valence-electron chi connectivity index (χ4n) is 1.31. The predicted molar refractivity (Wildman–Crippen MR) is 58.5 cm³/mol. The number of rotatable bonds is 9. The molecule has 3 heteroatoms. The number of aliphatic carboxylic acids is 1. The Morgan fingerprint density at radius 2 is 1.79 bits per heavy atom. The lowest BCUT2D eigenvalue weighted by atomic mass is 10.1. The monoisotopic (exact) mass is 201 g/mol. The topological polar surface area (TPSA) is 49.3 Å². The van der Waals surface area contributed by atoms with Crippen molar-refractivity contribution in [2.24, 2.45) is 0 Å². The van der Waals surface area contributed by atoms with E-state index >= 15 is 0 Å². The Morgan fingerprint density at radius 3 is 2.36 bits per heavy atom. The van der Waals surface area contributed by atoms with Gasteiger partial charge < -0.3 is 10.4 Å². The zero-order valence-electron chi connectivity index (χ0n) is 9.38. The van der Waals surface area contributed by atoms with Gasteiger partial charge in [-0.3, -0.25) is 4.79 Å². The predicted octanol–water partition coefficient (Wildman–Crippen LogP) is 2.41. The van der Waals surface area contributed by atoms with E-state index in [-0.39, 0.29) is 0 Å². The van der Waals surface area contributed by atoms with Gasteiger partial charge in [0.1, 0.15) is 6.04 Å². The third kappa shape index (κ3) is 8.05. The normalized spacial score (nSPS) is 12.7. The second-order valence-electron chi connectivity index (χ2n) is 3.78. The van der Waals surface area contributed by atoms with Gasteiger partial charge in [0.15, 0.2) is 0 Å². The second kappa shape index (κ2) is 9.00. The molecule has 0 saturated heterocycles. The largest absolute Gasteiger partial charge is 0.480 e. The maximum absolute atomic E-state index is 10.4. The van der Waals surface area contributed by atoms with E-state index in [2.05, 4.69) is 12.2 Å². The summed E-state index contributed by atoms with van der Waals surface area (Å²) in [6, 6.07) is -0.411. The first-order valence-corrected chi connectivity index (χ1v) is 5.64. The highest BCUT2D eigenvalue weighted by Gasteiger charge is 2.07. The van der Waals surface area contributed by atoms with E-state index in [4.69, 9.17) is 5.11 Å². The van der Waals surface area contributed by atoms with E-state index in [9.17, 15) is 4.79 Å². The van der Waals surface area contributed by atoms with Crippen LogP contribution in [0.2, 0.25) is 0 Å². The highest BCUT2D eigenvalue weighted by molar-refractivity contribution is 5.72. The lowest BCUT2D eigenvalue weighted by Gasteiger charge is -2.08. The van der Waals surface area contributed by atoms with Crippen LogP contribution in [0, 0.1) is 0 Å². The smallest absolute Gasteiger partial charge is 0.320 e. The average Bonchev–Trinajstić information content (AvgIpc) is 2.16. The van der Waals surface area contributed by atoms with Gasteiger partial charge in [-0.05, 0) is 19.9 Å². The zero-order chi connectivity index (χ0) is 10.8. The Bertz CT molecular complexity index is 148. The molecule has 0 aromatic carbocycles. The minimum atomic E-state index is -0.768. The van der Waals surface area contributed by atoms with Crippen molar-refractivity contribution >= 4 is 5.97 Å². The number of carboxylic acids is 1. The van der Waals surface area contributed by atoms with Crippen LogP contribution in [0.15, 0.2) is 0 Å². The van der Waals surface area contributed by atoms with Gasteiger partial charge in [0.05, 0.1) is 0 Å². The molecule has 0 unspecified atom stereocenters. The number of unbranched alkanes of at least 4 members (excludes halogenated alkanes) is 5. The van der Waals surface area contributed by atoms with Crippen LogP contribution in [-0.4, -0.2) is 23.7 Å². The molecule has 0 heterocycles. The van der Waals surface area contributed by atoms with E-state index in [0.717, 1.165) is 13.0 Å². The van der Waals surface area contributed by atoms with Crippen molar-refractivity contribution in [1.29, 1.82) is 0 Å². The standard InChI is InChI=1S/C11H23NO2/c1-3-4-5-6-7-8-9-12-10(2)11(13)14/h10,12H,3-9H2,1-2H3,(H,13,14)/t10-/m1/s1. The maximum Gasteiger partial charge on any atom is 0.320 e. The maximum atomic E-state index is 10.4. The summed E-state index contributed by atoms with van der Waals surface area (Å²) in [5, 5.41) is 11.6. The van der Waals surface area contributed by atoms with Crippen molar-refractivity contribution in [3.63, 3.8) is 0 Å². The van der Waals surface area contributed by atoms with Crippen LogP contribution in [0.1, 0.15) is 52.4 Å². The first-order valence-electron chi connectivity index (χ1n) is 5.64.